The second-order valence-electron chi connectivity index (χ2n) is 5.61. The van der Waals surface area contributed by atoms with Crippen LogP contribution in [0.5, 0.6) is 0 Å². The van der Waals surface area contributed by atoms with Gasteiger partial charge in [0.15, 0.2) is 0 Å². The van der Waals surface area contributed by atoms with Crippen LogP contribution in [-0.2, 0) is 0 Å². The highest BCUT2D eigenvalue weighted by atomic mass is 16.6. The van der Waals surface area contributed by atoms with E-state index in [0.717, 1.165) is 5.69 Å². The Morgan fingerprint density at radius 3 is 2.67 bits per heavy atom. The zero-order valence-corrected chi connectivity index (χ0v) is 12.2. The molecule has 2 rings (SSSR count). The van der Waals surface area contributed by atoms with Gasteiger partial charge >= 0.3 is 5.69 Å². The van der Waals surface area contributed by atoms with Crippen LogP contribution in [0.1, 0.15) is 25.5 Å². The summed E-state index contributed by atoms with van der Waals surface area (Å²) in [6, 6.07) is 3.12. The lowest BCUT2D eigenvalue weighted by Crippen LogP contribution is -2.43. The average molecular weight is 289 g/mol. The first-order valence-corrected chi connectivity index (χ1v) is 6.92. The molecule has 6 nitrogen and oxygen atoms in total. The first-order valence-electron chi connectivity index (χ1n) is 6.92. The molecule has 112 valence electrons. The van der Waals surface area contributed by atoms with Gasteiger partial charge in [0.2, 0.25) is 5.82 Å². The van der Waals surface area contributed by atoms with Gasteiger partial charge < -0.3 is 10.0 Å². The minimum Gasteiger partial charge on any atom is -0.378 e. The van der Waals surface area contributed by atoms with Gasteiger partial charge in [0, 0.05) is 30.8 Å². The third-order valence-electron chi connectivity index (χ3n) is 4.07. The zero-order chi connectivity index (χ0) is 15.6. The zero-order valence-electron chi connectivity index (χ0n) is 12.2. The molecule has 2 heterocycles. The summed E-state index contributed by atoms with van der Waals surface area (Å²) >= 11 is 0. The summed E-state index contributed by atoms with van der Waals surface area (Å²) in [5.74, 6) is 2.82. The van der Waals surface area contributed by atoms with E-state index in [4.69, 9.17) is 6.42 Å². The number of anilines is 1. The van der Waals surface area contributed by atoms with E-state index in [-0.39, 0.29) is 11.6 Å². The Morgan fingerprint density at radius 2 is 2.14 bits per heavy atom. The van der Waals surface area contributed by atoms with Crippen LogP contribution in [0.15, 0.2) is 12.1 Å². The fourth-order valence-electron chi connectivity index (χ4n) is 2.68. The molecule has 0 saturated carbocycles. The molecular formula is C15H19N3O3. The highest BCUT2D eigenvalue weighted by molar-refractivity contribution is 5.58. The maximum Gasteiger partial charge on any atom is 0.311 e. The van der Waals surface area contributed by atoms with Gasteiger partial charge in [-0.15, -0.1) is 6.42 Å². The molecule has 0 amide bonds. The van der Waals surface area contributed by atoms with Crippen molar-refractivity contribution in [3.8, 4) is 12.3 Å². The minimum atomic E-state index is -1.13. The van der Waals surface area contributed by atoms with E-state index in [1.807, 2.05) is 11.8 Å². The Hall–Kier alpha value is -2.13. The van der Waals surface area contributed by atoms with Crippen molar-refractivity contribution in [2.45, 2.75) is 32.3 Å². The monoisotopic (exact) mass is 289 g/mol. The topological polar surface area (TPSA) is 79.5 Å². The van der Waals surface area contributed by atoms with Crippen LogP contribution < -0.4 is 4.90 Å². The molecule has 1 aromatic heterocycles. The molecule has 1 atom stereocenters. The Bertz CT molecular complexity index is 584. The molecule has 1 N–H and O–H groups in total. The number of pyridine rings is 1. The Morgan fingerprint density at radius 1 is 1.52 bits per heavy atom. The smallest absolute Gasteiger partial charge is 0.311 e. The fourth-order valence-corrected chi connectivity index (χ4v) is 2.68. The van der Waals surface area contributed by atoms with Gasteiger partial charge in [0.25, 0.3) is 0 Å². The quantitative estimate of drug-likeness (QED) is 0.522. The molecule has 0 bridgehead atoms. The fraction of sp³-hybridized carbons (Fsp3) is 0.533. The highest BCUT2D eigenvalue weighted by Crippen LogP contribution is 2.33. The molecule has 1 unspecified atom stereocenters. The van der Waals surface area contributed by atoms with Crippen LogP contribution in [0.3, 0.4) is 0 Å². The number of hydrogen-bond donors (Lipinski definition) is 1. The SMILES string of the molecule is C#CC(C)(O)C1CCN(c2nc(C)ccc2[N+](=O)[O-])CC1. The van der Waals surface area contributed by atoms with Gasteiger partial charge in [-0.25, -0.2) is 4.98 Å². The number of aryl methyl sites for hydroxylation is 1. The standard InChI is InChI=1S/C15H19N3O3/c1-4-15(3,19)12-7-9-17(10-8-12)14-13(18(20)21)6-5-11(2)16-14/h1,5-6,12,19H,7-10H2,2-3H3. The van der Waals surface area contributed by atoms with Gasteiger partial charge in [-0.1, -0.05) is 5.92 Å². The molecule has 21 heavy (non-hydrogen) atoms. The van der Waals surface area contributed by atoms with Crippen molar-refractivity contribution in [2.24, 2.45) is 5.92 Å². The van der Waals surface area contributed by atoms with Crippen molar-refractivity contribution in [1.82, 2.24) is 4.98 Å². The summed E-state index contributed by atoms with van der Waals surface area (Å²) in [5.41, 5.74) is -0.367. The number of piperidine rings is 1. The lowest BCUT2D eigenvalue weighted by molar-refractivity contribution is -0.384. The molecule has 1 saturated heterocycles. The number of nitro groups is 1. The average Bonchev–Trinajstić information content (AvgIpc) is 2.47. The normalized spacial score (nSPS) is 18.9. The van der Waals surface area contributed by atoms with E-state index in [9.17, 15) is 15.2 Å². The van der Waals surface area contributed by atoms with Crippen LogP contribution in [0.2, 0.25) is 0 Å². The van der Waals surface area contributed by atoms with Crippen LogP contribution in [-0.4, -0.2) is 33.7 Å². The van der Waals surface area contributed by atoms with E-state index in [2.05, 4.69) is 10.9 Å². The third kappa shape index (κ3) is 3.14. The van der Waals surface area contributed by atoms with E-state index >= 15 is 0 Å². The summed E-state index contributed by atoms with van der Waals surface area (Å²) in [6.45, 7) is 4.64. The lowest BCUT2D eigenvalue weighted by atomic mass is 9.82. The van der Waals surface area contributed by atoms with Gasteiger partial charge in [-0.3, -0.25) is 10.1 Å². The van der Waals surface area contributed by atoms with Gasteiger partial charge in [0.1, 0.15) is 5.60 Å². The number of nitrogens with zero attached hydrogens (tertiary/aromatic N) is 3. The van der Waals surface area contributed by atoms with E-state index in [1.165, 1.54) is 6.07 Å². The molecule has 0 aromatic carbocycles. The molecule has 0 spiro atoms. The molecule has 6 heteroatoms. The summed E-state index contributed by atoms with van der Waals surface area (Å²) in [5, 5.41) is 21.2. The van der Waals surface area contributed by atoms with Crippen molar-refractivity contribution in [1.29, 1.82) is 0 Å². The number of aromatic nitrogens is 1. The predicted octanol–water partition coefficient (Wildman–Crippen LogP) is 1.90. The van der Waals surface area contributed by atoms with Gasteiger partial charge in [-0.05, 0) is 32.8 Å². The molecule has 1 aromatic rings. The summed E-state index contributed by atoms with van der Waals surface area (Å²) in [7, 11) is 0. The van der Waals surface area contributed by atoms with Crippen molar-refractivity contribution in [2.75, 3.05) is 18.0 Å². The van der Waals surface area contributed by atoms with E-state index < -0.39 is 10.5 Å². The lowest BCUT2D eigenvalue weighted by Gasteiger charge is -2.37. The third-order valence-corrected chi connectivity index (χ3v) is 4.07. The van der Waals surface area contributed by atoms with Crippen LogP contribution in [0, 0.1) is 35.3 Å². The molecular weight excluding hydrogens is 270 g/mol. The maximum absolute atomic E-state index is 11.1. The Labute approximate surface area is 124 Å². The minimum absolute atomic E-state index is 0.00242. The second kappa shape index (κ2) is 5.70. The Balaban J connectivity index is 2.18. The van der Waals surface area contributed by atoms with Crippen LogP contribution >= 0.6 is 0 Å². The number of hydrogen-bond acceptors (Lipinski definition) is 5. The van der Waals surface area contributed by atoms with Crippen LogP contribution in [0.4, 0.5) is 11.5 Å². The first-order chi connectivity index (χ1) is 9.85. The van der Waals surface area contributed by atoms with Gasteiger partial charge in [-0.2, -0.15) is 0 Å². The number of terminal acetylenes is 1. The summed E-state index contributed by atoms with van der Waals surface area (Å²) in [4.78, 5) is 16.9. The highest BCUT2D eigenvalue weighted by Gasteiger charge is 2.34. The molecule has 0 aliphatic carbocycles. The molecule has 1 aliphatic heterocycles. The van der Waals surface area contributed by atoms with Crippen LogP contribution in [0.25, 0.3) is 0 Å². The molecule has 1 fully saturated rings. The largest absolute Gasteiger partial charge is 0.378 e. The maximum atomic E-state index is 11.1. The van der Waals surface area contributed by atoms with Crippen molar-refractivity contribution in [3.05, 3.63) is 27.9 Å². The molecule has 0 radical (unpaired) electrons. The van der Waals surface area contributed by atoms with Crippen molar-refractivity contribution >= 4 is 11.5 Å². The predicted molar refractivity (Wildman–Crippen MR) is 80.0 cm³/mol. The van der Waals surface area contributed by atoms with Crippen molar-refractivity contribution < 1.29 is 10.0 Å². The summed E-state index contributed by atoms with van der Waals surface area (Å²) in [6.07, 6.45) is 6.72. The van der Waals surface area contributed by atoms with E-state index in [0.29, 0.717) is 31.7 Å². The number of rotatable bonds is 3. The Kier molecular flexibility index (Phi) is 4.14. The van der Waals surface area contributed by atoms with Crippen molar-refractivity contribution in [3.63, 3.8) is 0 Å². The van der Waals surface area contributed by atoms with Gasteiger partial charge in [0.05, 0.1) is 4.92 Å². The first kappa shape index (κ1) is 15.3. The van der Waals surface area contributed by atoms with E-state index in [1.54, 1.807) is 13.0 Å². The second-order valence-corrected chi connectivity index (χ2v) is 5.61. The number of aliphatic hydroxyl groups is 1. The molecule has 1 aliphatic rings. The summed E-state index contributed by atoms with van der Waals surface area (Å²) < 4.78 is 0.